The highest BCUT2D eigenvalue weighted by Gasteiger charge is 2.24. The summed E-state index contributed by atoms with van der Waals surface area (Å²) in [5.74, 6) is 0.464. The van der Waals surface area contributed by atoms with Crippen LogP contribution in [-0.2, 0) is 4.74 Å². The van der Waals surface area contributed by atoms with Crippen molar-refractivity contribution in [1.29, 1.82) is 0 Å². The van der Waals surface area contributed by atoms with Crippen molar-refractivity contribution in [2.24, 2.45) is 0 Å². The quantitative estimate of drug-likeness (QED) is 0.544. The molecule has 1 aromatic rings. The van der Waals surface area contributed by atoms with E-state index in [4.69, 9.17) is 9.47 Å². The molecule has 96 valence electrons. The fourth-order valence-electron chi connectivity index (χ4n) is 1.32. The Hall–Kier alpha value is -1.17. The van der Waals surface area contributed by atoms with Crippen LogP contribution in [0.4, 0.5) is 12.9 Å². The molecule has 17 heavy (non-hydrogen) atoms. The molecule has 0 aliphatic rings. The van der Waals surface area contributed by atoms with E-state index in [-0.39, 0.29) is 0 Å². The standard InChI is InChI=1S/C11H15BF3O2/c1-16-8-2-3-9-17-11-6-4-10(5-7-11)12(13,14)15/h4-7H,2-3,8-9H2,1H3/q-1. The maximum atomic E-state index is 12.3. The van der Waals surface area contributed by atoms with Crippen LogP contribution in [0.1, 0.15) is 12.8 Å². The molecule has 1 aromatic carbocycles. The number of hydrogen-bond donors (Lipinski definition) is 0. The molecule has 6 heteroatoms. The van der Waals surface area contributed by atoms with Gasteiger partial charge in [0.05, 0.1) is 6.61 Å². The van der Waals surface area contributed by atoms with E-state index in [2.05, 4.69) is 0 Å². The second kappa shape index (κ2) is 6.54. The van der Waals surface area contributed by atoms with Gasteiger partial charge in [-0.25, -0.2) is 0 Å². The van der Waals surface area contributed by atoms with Crippen LogP contribution in [0.3, 0.4) is 0 Å². The highest BCUT2D eigenvalue weighted by molar-refractivity contribution is 6.73. The zero-order chi connectivity index (χ0) is 12.7. The van der Waals surface area contributed by atoms with Crippen molar-refractivity contribution in [1.82, 2.24) is 0 Å². The molecule has 0 N–H and O–H groups in total. The Bertz CT molecular complexity index is 324. The molecule has 0 spiro atoms. The van der Waals surface area contributed by atoms with Gasteiger partial charge >= 0.3 is 6.98 Å². The minimum atomic E-state index is -4.92. The molecular formula is C11H15BF3O2-. The topological polar surface area (TPSA) is 18.5 Å². The minimum Gasteiger partial charge on any atom is -0.494 e. The molecule has 0 radical (unpaired) electrons. The van der Waals surface area contributed by atoms with Gasteiger partial charge < -0.3 is 22.4 Å². The summed E-state index contributed by atoms with van der Waals surface area (Å²) in [4.78, 5) is 0. The second-order valence-electron chi connectivity index (χ2n) is 3.69. The van der Waals surface area contributed by atoms with E-state index in [0.29, 0.717) is 19.0 Å². The van der Waals surface area contributed by atoms with E-state index in [9.17, 15) is 12.9 Å². The Balaban J connectivity index is 2.36. The van der Waals surface area contributed by atoms with E-state index in [1.165, 1.54) is 12.1 Å². The van der Waals surface area contributed by atoms with Crippen LogP contribution in [0.25, 0.3) is 0 Å². The zero-order valence-electron chi connectivity index (χ0n) is 9.67. The number of ether oxygens (including phenoxy) is 2. The second-order valence-corrected chi connectivity index (χ2v) is 3.69. The summed E-state index contributed by atoms with van der Waals surface area (Å²) in [7, 11) is 1.62. The normalized spacial score (nSPS) is 11.5. The molecule has 0 bridgehead atoms. The van der Waals surface area contributed by atoms with Gasteiger partial charge in [-0.2, -0.15) is 0 Å². The largest absolute Gasteiger partial charge is 0.509 e. The number of rotatable bonds is 7. The fraction of sp³-hybridized carbons (Fsp3) is 0.455. The number of hydrogen-bond acceptors (Lipinski definition) is 2. The number of unbranched alkanes of at least 4 members (excludes halogenated alkanes) is 1. The average Bonchev–Trinajstić information content (AvgIpc) is 2.28. The van der Waals surface area contributed by atoms with Gasteiger partial charge in [-0.15, -0.1) is 5.46 Å². The molecule has 0 aliphatic carbocycles. The van der Waals surface area contributed by atoms with Gasteiger partial charge in [0.15, 0.2) is 0 Å². The molecule has 2 nitrogen and oxygen atoms in total. The lowest BCUT2D eigenvalue weighted by Crippen LogP contribution is -2.33. The van der Waals surface area contributed by atoms with E-state index in [1.54, 1.807) is 7.11 Å². The van der Waals surface area contributed by atoms with E-state index >= 15 is 0 Å². The highest BCUT2D eigenvalue weighted by atomic mass is 19.4. The molecule has 0 atom stereocenters. The lowest BCUT2D eigenvalue weighted by atomic mass is 9.80. The molecule has 0 saturated heterocycles. The Kier molecular flexibility index (Phi) is 5.35. The first-order chi connectivity index (χ1) is 8.04. The van der Waals surface area contributed by atoms with Gasteiger partial charge in [0.2, 0.25) is 0 Å². The smallest absolute Gasteiger partial charge is 0.494 e. The van der Waals surface area contributed by atoms with E-state index < -0.39 is 12.4 Å². The van der Waals surface area contributed by atoms with Crippen molar-refractivity contribution in [3.8, 4) is 5.75 Å². The van der Waals surface area contributed by atoms with Gasteiger partial charge in [-0.05, 0) is 25.0 Å². The summed E-state index contributed by atoms with van der Waals surface area (Å²) in [5, 5.41) is 0. The van der Waals surface area contributed by atoms with Crippen molar-refractivity contribution >= 4 is 12.4 Å². The summed E-state index contributed by atoms with van der Waals surface area (Å²) in [6, 6.07) is 4.79. The predicted molar refractivity (Wildman–Crippen MR) is 61.8 cm³/mol. The summed E-state index contributed by atoms with van der Waals surface area (Å²) in [6.07, 6.45) is 1.69. The maximum Gasteiger partial charge on any atom is 0.509 e. The molecule has 0 fully saturated rings. The lowest BCUT2D eigenvalue weighted by molar-refractivity contribution is 0.184. The molecule has 0 saturated carbocycles. The van der Waals surface area contributed by atoms with Crippen LogP contribution >= 0.6 is 0 Å². The van der Waals surface area contributed by atoms with E-state index in [1.807, 2.05) is 0 Å². The van der Waals surface area contributed by atoms with Crippen LogP contribution < -0.4 is 10.2 Å². The van der Waals surface area contributed by atoms with Crippen molar-refractivity contribution < 1.29 is 22.4 Å². The Morgan fingerprint density at radius 3 is 2.12 bits per heavy atom. The number of methoxy groups -OCH3 is 1. The number of benzene rings is 1. The molecule has 0 unspecified atom stereocenters. The van der Waals surface area contributed by atoms with Crippen LogP contribution in [0.2, 0.25) is 0 Å². The lowest BCUT2D eigenvalue weighted by Gasteiger charge is -2.15. The first kappa shape index (κ1) is 13.9. The molecule has 0 amide bonds. The average molecular weight is 247 g/mol. The van der Waals surface area contributed by atoms with Crippen LogP contribution in [-0.4, -0.2) is 27.3 Å². The first-order valence-corrected chi connectivity index (χ1v) is 5.45. The van der Waals surface area contributed by atoms with Gasteiger partial charge in [0, 0.05) is 13.7 Å². The van der Waals surface area contributed by atoms with Crippen molar-refractivity contribution in [3.63, 3.8) is 0 Å². The maximum absolute atomic E-state index is 12.3. The summed E-state index contributed by atoms with van der Waals surface area (Å²) < 4.78 is 47.1. The van der Waals surface area contributed by atoms with Crippen LogP contribution in [0, 0.1) is 0 Å². The molecule has 0 heterocycles. The predicted octanol–water partition coefficient (Wildman–Crippen LogP) is 2.55. The Morgan fingerprint density at radius 2 is 1.59 bits per heavy atom. The minimum absolute atomic E-state index is 0.464. The molecule has 0 aromatic heterocycles. The first-order valence-electron chi connectivity index (χ1n) is 5.45. The molecule has 0 aliphatic heterocycles. The molecular weight excluding hydrogens is 232 g/mol. The zero-order valence-corrected chi connectivity index (χ0v) is 9.67. The monoisotopic (exact) mass is 247 g/mol. The Labute approximate surface area is 98.8 Å². The third kappa shape index (κ3) is 5.13. The Morgan fingerprint density at radius 1 is 1.00 bits per heavy atom. The van der Waals surface area contributed by atoms with Crippen molar-refractivity contribution in [3.05, 3.63) is 24.3 Å². The molecule has 1 rings (SSSR count). The van der Waals surface area contributed by atoms with Gasteiger partial charge in [-0.3, -0.25) is 0 Å². The van der Waals surface area contributed by atoms with Crippen molar-refractivity contribution in [2.45, 2.75) is 12.8 Å². The fourth-order valence-corrected chi connectivity index (χ4v) is 1.32. The SMILES string of the molecule is COCCCCOc1ccc([B-](F)(F)F)cc1. The van der Waals surface area contributed by atoms with Gasteiger partial charge in [0.25, 0.3) is 0 Å². The van der Waals surface area contributed by atoms with E-state index in [0.717, 1.165) is 25.0 Å². The third-order valence-electron chi connectivity index (χ3n) is 2.27. The highest BCUT2D eigenvalue weighted by Crippen LogP contribution is 2.13. The summed E-state index contributed by atoms with van der Waals surface area (Å²) in [5.41, 5.74) is -0.600. The number of halogens is 3. The van der Waals surface area contributed by atoms with Crippen LogP contribution in [0.15, 0.2) is 24.3 Å². The third-order valence-corrected chi connectivity index (χ3v) is 2.27. The van der Waals surface area contributed by atoms with Gasteiger partial charge in [0.1, 0.15) is 5.75 Å². The summed E-state index contributed by atoms with van der Waals surface area (Å²) >= 11 is 0. The van der Waals surface area contributed by atoms with Crippen molar-refractivity contribution in [2.75, 3.05) is 20.3 Å². The van der Waals surface area contributed by atoms with Gasteiger partial charge in [-0.1, -0.05) is 12.1 Å². The summed E-state index contributed by atoms with van der Waals surface area (Å²) in [6.45, 7) is -3.77. The van der Waals surface area contributed by atoms with Crippen LogP contribution in [0.5, 0.6) is 5.75 Å².